The first kappa shape index (κ1) is 16.2. The Kier molecular flexibility index (Phi) is 4.37. The second-order valence-electron chi connectivity index (χ2n) is 4.75. The van der Waals surface area contributed by atoms with E-state index in [9.17, 15) is 23.1 Å². The number of halogens is 3. The molecule has 0 saturated carbocycles. The maximum absolute atomic E-state index is 13.1. The van der Waals surface area contributed by atoms with Crippen LogP contribution in [0.2, 0.25) is 0 Å². The van der Waals surface area contributed by atoms with Crippen LogP contribution in [0.1, 0.15) is 12.6 Å². The van der Waals surface area contributed by atoms with Crippen LogP contribution in [-0.2, 0) is 16.0 Å². The molecule has 1 unspecified atom stereocenters. The topological polar surface area (TPSA) is 59.4 Å². The van der Waals surface area contributed by atoms with Gasteiger partial charge < -0.3 is 9.84 Å². The van der Waals surface area contributed by atoms with Gasteiger partial charge in [-0.2, -0.15) is 13.2 Å². The first-order valence-corrected chi connectivity index (χ1v) is 6.59. The van der Waals surface area contributed by atoms with Crippen LogP contribution in [0, 0.1) is 0 Å². The molecule has 1 aromatic carbocycles. The lowest BCUT2D eigenvalue weighted by Crippen LogP contribution is -2.54. The maximum Gasteiger partial charge on any atom is 0.428 e. The van der Waals surface area contributed by atoms with Gasteiger partial charge in [-0.3, -0.25) is 4.98 Å². The molecule has 118 valence electrons. The van der Waals surface area contributed by atoms with Gasteiger partial charge in [0, 0.05) is 17.5 Å². The number of para-hydroxylation sites is 1. The minimum atomic E-state index is -5.16. The fourth-order valence-electron chi connectivity index (χ4n) is 2.01. The third-order valence-electron chi connectivity index (χ3n) is 3.18. The minimum absolute atomic E-state index is 0.0495. The van der Waals surface area contributed by atoms with Crippen LogP contribution < -0.4 is 0 Å². The van der Waals surface area contributed by atoms with Crippen LogP contribution in [0.5, 0.6) is 0 Å². The molecule has 7 heteroatoms. The van der Waals surface area contributed by atoms with Crippen LogP contribution in [0.15, 0.2) is 36.4 Å². The van der Waals surface area contributed by atoms with Gasteiger partial charge in [-0.05, 0) is 19.1 Å². The zero-order valence-electron chi connectivity index (χ0n) is 11.7. The Labute approximate surface area is 124 Å². The first-order valence-electron chi connectivity index (χ1n) is 6.59. The standard InChI is InChI=1S/C15H14F3NO3/c1-2-22-13(20)14(21,15(16,17)18)9-11-8-7-10-5-3-4-6-12(10)19-11/h3-8,21H,2,9H2,1H3. The van der Waals surface area contributed by atoms with E-state index in [-0.39, 0.29) is 12.3 Å². The van der Waals surface area contributed by atoms with Crippen molar-refractivity contribution in [2.75, 3.05) is 6.61 Å². The molecule has 0 amide bonds. The average Bonchev–Trinajstić information content (AvgIpc) is 2.46. The Morgan fingerprint density at radius 1 is 1.23 bits per heavy atom. The highest BCUT2D eigenvalue weighted by atomic mass is 19.4. The number of pyridine rings is 1. The van der Waals surface area contributed by atoms with Crippen LogP contribution in [0.3, 0.4) is 0 Å². The van der Waals surface area contributed by atoms with E-state index in [1.807, 2.05) is 0 Å². The minimum Gasteiger partial charge on any atom is -0.464 e. The number of benzene rings is 1. The van der Waals surface area contributed by atoms with E-state index in [2.05, 4.69) is 9.72 Å². The van der Waals surface area contributed by atoms with Crippen molar-refractivity contribution in [3.8, 4) is 0 Å². The molecule has 1 N–H and O–H groups in total. The second kappa shape index (κ2) is 5.92. The summed E-state index contributed by atoms with van der Waals surface area (Å²) < 4.78 is 43.7. The molecule has 0 radical (unpaired) electrons. The lowest BCUT2D eigenvalue weighted by molar-refractivity contribution is -0.262. The van der Waals surface area contributed by atoms with Crippen molar-refractivity contribution >= 4 is 16.9 Å². The lowest BCUT2D eigenvalue weighted by Gasteiger charge is -2.27. The largest absolute Gasteiger partial charge is 0.464 e. The molecule has 0 aliphatic rings. The number of ether oxygens (including phenoxy) is 1. The van der Waals surface area contributed by atoms with E-state index in [0.29, 0.717) is 5.52 Å². The number of carbonyl (C=O) groups excluding carboxylic acids is 1. The van der Waals surface area contributed by atoms with Crippen molar-refractivity contribution in [3.05, 3.63) is 42.1 Å². The van der Waals surface area contributed by atoms with Gasteiger partial charge in [-0.25, -0.2) is 4.79 Å². The zero-order chi connectivity index (χ0) is 16.4. The molecular weight excluding hydrogens is 299 g/mol. The molecule has 0 bridgehead atoms. The quantitative estimate of drug-likeness (QED) is 0.882. The van der Waals surface area contributed by atoms with E-state index in [1.165, 1.54) is 13.0 Å². The summed E-state index contributed by atoms with van der Waals surface area (Å²) in [6, 6.07) is 9.79. The highest BCUT2D eigenvalue weighted by Gasteiger charge is 2.61. The van der Waals surface area contributed by atoms with Gasteiger partial charge in [0.2, 0.25) is 0 Å². The highest BCUT2D eigenvalue weighted by Crippen LogP contribution is 2.34. The Morgan fingerprint density at radius 3 is 2.55 bits per heavy atom. The number of hydrogen-bond acceptors (Lipinski definition) is 4. The molecular formula is C15H14F3NO3. The number of nitrogens with zero attached hydrogens (tertiary/aromatic N) is 1. The number of hydrogen-bond donors (Lipinski definition) is 1. The smallest absolute Gasteiger partial charge is 0.428 e. The van der Waals surface area contributed by atoms with Gasteiger partial charge in [0.15, 0.2) is 0 Å². The molecule has 0 fully saturated rings. The molecule has 22 heavy (non-hydrogen) atoms. The van der Waals surface area contributed by atoms with Crippen molar-refractivity contribution in [2.45, 2.75) is 25.1 Å². The van der Waals surface area contributed by atoms with Crippen LogP contribution >= 0.6 is 0 Å². The van der Waals surface area contributed by atoms with E-state index in [0.717, 1.165) is 5.39 Å². The van der Waals surface area contributed by atoms with Crippen molar-refractivity contribution in [1.82, 2.24) is 4.98 Å². The van der Waals surface area contributed by atoms with E-state index in [4.69, 9.17) is 0 Å². The SMILES string of the molecule is CCOC(=O)C(O)(Cc1ccc2ccccc2n1)C(F)(F)F. The third-order valence-corrected chi connectivity index (χ3v) is 3.18. The molecule has 2 rings (SSSR count). The van der Waals surface area contributed by atoms with Crippen molar-refractivity contribution in [1.29, 1.82) is 0 Å². The predicted molar refractivity (Wildman–Crippen MR) is 73.1 cm³/mol. The number of esters is 1. The Hall–Kier alpha value is -2.15. The molecule has 0 spiro atoms. The van der Waals surface area contributed by atoms with Crippen molar-refractivity contribution < 1.29 is 27.8 Å². The van der Waals surface area contributed by atoms with Gasteiger partial charge in [0.25, 0.3) is 5.60 Å². The molecule has 1 atom stereocenters. The van der Waals surface area contributed by atoms with Gasteiger partial charge in [0.1, 0.15) is 0 Å². The number of rotatable bonds is 4. The molecule has 0 aliphatic heterocycles. The van der Waals surface area contributed by atoms with Crippen molar-refractivity contribution in [3.63, 3.8) is 0 Å². The summed E-state index contributed by atoms with van der Waals surface area (Å²) in [6.07, 6.45) is -6.16. The summed E-state index contributed by atoms with van der Waals surface area (Å²) in [5.74, 6) is -1.72. The van der Waals surface area contributed by atoms with Gasteiger partial charge in [-0.15, -0.1) is 0 Å². The Balaban J connectivity index is 2.38. The maximum atomic E-state index is 13.1. The lowest BCUT2D eigenvalue weighted by atomic mass is 9.96. The fourth-order valence-corrected chi connectivity index (χ4v) is 2.01. The van der Waals surface area contributed by atoms with Crippen molar-refractivity contribution in [2.24, 2.45) is 0 Å². The van der Waals surface area contributed by atoms with Crippen LogP contribution in [-0.4, -0.2) is 34.4 Å². The van der Waals surface area contributed by atoms with Crippen LogP contribution in [0.4, 0.5) is 13.2 Å². The number of carbonyl (C=O) groups is 1. The fraction of sp³-hybridized carbons (Fsp3) is 0.333. The van der Waals surface area contributed by atoms with Gasteiger partial charge in [-0.1, -0.05) is 24.3 Å². The number of aromatic nitrogens is 1. The Bertz CT molecular complexity index is 687. The molecule has 1 heterocycles. The summed E-state index contributed by atoms with van der Waals surface area (Å²) in [7, 11) is 0. The molecule has 2 aromatic rings. The van der Waals surface area contributed by atoms with E-state index < -0.39 is 24.2 Å². The highest BCUT2D eigenvalue weighted by molar-refractivity contribution is 5.81. The van der Waals surface area contributed by atoms with Crippen LogP contribution in [0.25, 0.3) is 10.9 Å². The van der Waals surface area contributed by atoms with E-state index in [1.54, 1.807) is 30.3 Å². The summed E-state index contributed by atoms with van der Waals surface area (Å²) in [5, 5.41) is 10.6. The number of alkyl halides is 3. The number of fused-ring (bicyclic) bond motifs is 1. The molecule has 1 aromatic heterocycles. The number of aliphatic hydroxyl groups is 1. The summed E-state index contributed by atoms with van der Waals surface area (Å²) in [6.45, 7) is 1.10. The van der Waals surface area contributed by atoms with E-state index >= 15 is 0 Å². The summed E-state index contributed by atoms with van der Waals surface area (Å²) in [4.78, 5) is 15.6. The summed E-state index contributed by atoms with van der Waals surface area (Å²) >= 11 is 0. The molecule has 4 nitrogen and oxygen atoms in total. The monoisotopic (exact) mass is 313 g/mol. The third kappa shape index (κ3) is 3.04. The van der Waals surface area contributed by atoms with Gasteiger partial charge >= 0.3 is 12.1 Å². The first-order chi connectivity index (χ1) is 10.3. The zero-order valence-corrected chi connectivity index (χ0v) is 11.7. The Morgan fingerprint density at radius 2 is 1.91 bits per heavy atom. The normalized spacial score (nSPS) is 14.6. The predicted octanol–water partition coefficient (Wildman–Crippen LogP) is 2.63. The molecule has 0 aliphatic carbocycles. The molecule has 0 saturated heterocycles. The average molecular weight is 313 g/mol. The van der Waals surface area contributed by atoms with Gasteiger partial charge in [0.05, 0.1) is 12.1 Å². The summed E-state index contributed by atoms with van der Waals surface area (Å²) in [5.41, 5.74) is -3.18. The second-order valence-corrected chi connectivity index (χ2v) is 4.75.